The summed E-state index contributed by atoms with van der Waals surface area (Å²) in [6.45, 7) is 2.72. The molecule has 92 valence electrons. The van der Waals surface area contributed by atoms with Gasteiger partial charge in [0.1, 0.15) is 0 Å². The number of carbonyl (C=O) groups is 1. The van der Waals surface area contributed by atoms with Crippen molar-refractivity contribution in [2.24, 2.45) is 0 Å². The smallest absolute Gasteiger partial charge is 0.222 e. The molecule has 5 nitrogen and oxygen atoms in total. The number of hydrogen-bond acceptors (Lipinski definition) is 3. The number of amides is 1. The molecule has 1 aromatic heterocycles. The van der Waals surface area contributed by atoms with Crippen molar-refractivity contribution in [3.63, 3.8) is 0 Å². The van der Waals surface area contributed by atoms with Gasteiger partial charge in [-0.25, -0.2) is 4.98 Å². The predicted octanol–water partition coefficient (Wildman–Crippen LogP) is 0.322. The van der Waals surface area contributed by atoms with Crippen LogP contribution in [0.4, 0.5) is 0 Å². The fourth-order valence-corrected chi connectivity index (χ4v) is 2.79. The highest BCUT2D eigenvalue weighted by molar-refractivity contribution is 5.76. The zero-order valence-electron chi connectivity index (χ0n) is 10.1. The van der Waals surface area contributed by atoms with E-state index in [0.717, 1.165) is 32.5 Å². The Morgan fingerprint density at radius 1 is 1.47 bits per heavy atom. The molecule has 1 N–H and O–H groups in total. The molecule has 0 spiro atoms. The Labute approximate surface area is 101 Å². The number of aromatic nitrogens is 2. The van der Waals surface area contributed by atoms with E-state index in [2.05, 4.69) is 14.9 Å². The van der Waals surface area contributed by atoms with E-state index in [0.29, 0.717) is 12.5 Å². The lowest BCUT2D eigenvalue weighted by Gasteiger charge is -2.32. The molecule has 3 heterocycles. The van der Waals surface area contributed by atoms with E-state index >= 15 is 0 Å². The molecule has 5 heteroatoms. The van der Waals surface area contributed by atoms with E-state index in [1.54, 1.807) is 0 Å². The molecular formula is C12H18N4O. The summed E-state index contributed by atoms with van der Waals surface area (Å²) < 4.78 is 2.29. The summed E-state index contributed by atoms with van der Waals surface area (Å²) in [5.74, 6) is 0.261. The molecule has 1 fully saturated rings. The van der Waals surface area contributed by atoms with Crippen molar-refractivity contribution in [3.8, 4) is 0 Å². The number of hydrogen-bond donors (Lipinski definition) is 1. The Kier molecular flexibility index (Phi) is 2.63. The topological polar surface area (TPSA) is 50.2 Å². The summed E-state index contributed by atoms with van der Waals surface area (Å²) in [5, 5.41) is 3.33. The Morgan fingerprint density at radius 2 is 2.35 bits per heavy atom. The van der Waals surface area contributed by atoms with Crippen LogP contribution in [0.15, 0.2) is 6.33 Å². The van der Waals surface area contributed by atoms with Gasteiger partial charge in [-0.3, -0.25) is 4.79 Å². The minimum Gasteiger partial charge on any atom is -0.344 e. The number of carbonyl (C=O) groups excluding carboxylic acids is 1. The lowest BCUT2D eigenvalue weighted by atomic mass is 10.0. The number of piperidine rings is 1. The lowest BCUT2D eigenvalue weighted by molar-refractivity contribution is -0.132. The number of likely N-dealkylation sites (N-methyl/N-ethyl adjacent to an activating group) is 1. The van der Waals surface area contributed by atoms with E-state index in [1.165, 1.54) is 11.4 Å². The zero-order valence-corrected chi connectivity index (χ0v) is 10.1. The molecule has 3 rings (SSSR count). The van der Waals surface area contributed by atoms with Crippen molar-refractivity contribution >= 4 is 5.91 Å². The minimum atomic E-state index is 0.261. The van der Waals surface area contributed by atoms with Gasteiger partial charge in [0.15, 0.2) is 0 Å². The molecular weight excluding hydrogens is 216 g/mol. The number of rotatable bonds is 1. The van der Waals surface area contributed by atoms with Crippen LogP contribution in [0.25, 0.3) is 0 Å². The fraction of sp³-hybridized carbons (Fsp3) is 0.667. The maximum Gasteiger partial charge on any atom is 0.222 e. The van der Waals surface area contributed by atoms with Crippen molar-refractivity contribution in [2.45, 2.75) is 31.8 Å². The summed E-state index contributed by atoms with van der Waals surface area (Å²) in [4.78, 5) is 17.8. The Balaban J connectivity index is 1.84. The quantitative estimate of drug-likeness (QED) is 0.761. The van der Waals surface area contributed by atoms with Crippen LogP contribution < -0.4 is 5.32 Å². The first kappa shape index (κ1) is 10.8. The number of nitrogens with one attached hydrogen (secondary N) is 1. The van der Waals surface area contributed by atoms with E-state index in [1.807, 2.05) is 18.3 Å². The Morgan fingerprint density at radius 3 is 3.18 bits per heavy atom. The summed E-state index contributed by atoms with van der Waals surface area (Å²) in [6, 6.07) is 0.409. The Bertz CT molecular complexity index is 440. The molecule has 0 bridgehead atoms. The lowest BCUT2D eigenvalue weighted by Crippen LogP contribution is -2.38. The summed E-state index contributed by atoms with van der Waals surface area (Å²) in [6.07, 6.45) is 4.60. The van der Waals surface area contributed by atoms with Crippen LogP contribution in [0.2, 0.25) is 0 Å². The number of likely N-dealkylation sites (tertiary alicyclic amines) is 1. The molecule has 1 saturated heterocycles. The molecule has 1 unspecified atom stereocenters. The molecule has 0 aliphatic carbocycles. The minimum absolute atomic E-state index is 0.261. The van der Waals surface area contributed by atoms with Crippen LogP contribution in [0, 0.1) is 0 Å². The first-order valence-corrected chi connectivity index (χ1v) is 6.25. The highest BCUT2D eigenvalue weighted by Crippen LogP contribution is 2.25. The highest BCUT2D eigenvalue weighted by atomic mass is 16.2. The monoisotopic (exact) mass is 234 g/mol. The Hall–Kier alpha value is -1.36. The third kappa shape index (κ3) is 1.84. The van der Waals surface area contributed by atoms with E-state index < -0.39 is 0 Å². The van der Waals surface area contributed by atoms with Crippen LogP contribution in [0.3, 0.4) is 0 Å². The molecule has 2 aliphatic rings. The SMILES string of the molecule is CN1CC(n2cnc3c2CCNC3)CCC1=O. The second-order valence-corrected chi connectivity index (χ2v) is 4.94. The number of imidazole rings is 1. The van der Waals surface area contributed by atoms with Gasteiger partial charge >= 0.3 is 0 Å². The van der Waals surface area contributed by atoms with Gasteiger partial charge in [-0.05, 0) is 6.42 Å². The van der Waals surface area contributed by atoms with Gasteiger partial charge in [-0.15, -0.1) is 0 Å². The first-order valence-electron chi connectivity index (χ1n) is 6.25. The zero-order chi connectivity index (χ0) is 11.8. The van der Waals surface area contributed by atoms with Crippen LogP contribution >= 0.6 is 0 Å². The normalized spacial score (nSPS) is 24.9. The summed E-state index contributed by atoms with van der Waals surface area (Å²) in [7, 11) is 1.89. The van der Waals surface area contributed by atoms with E-state index in [4.69, 9.17) is 0 Å². The van der Waals surface area contributed by atoms with Crippen molar-refractivity contribution in [3.05, 3.63) is 17.7 Å². The third-order valence-corrected chi connectivity index (χ3v) is 3.81. The molecule has 2 aliphatic heterocycles. The van der Waals surface area contributed by atoms with E-state index in [-0.39, 0.29) is 5.91 Å². The van der Waals surface area contributed by atoms with Gasteiger partial charge in [-0.2, -0.15) is 0 Å². The van der Waals surface area contributed by atoms with Gasteiger partial charge in [-0.1, -0.05) is 0 Å². The second kappa shape index (κ2) is 4.14. The van der Waals surface area contributed by atoms with Gasteiger partial charge in [0.2, 0.25) is 5.91 Å². The maximum absolute atomic E-state index is 11.5. The summed E-state index contributed by atoms with van der Waals surface area (Å²) >= 11 is 0. The van der Waals surface area contributed by atoms with Gasteiger partial charge in [0.05, 0.1) is 18.1 Å². The van der Waals surface area contributed by atoms with Crippen molar-refractivity contribution in [2.75, 3.05) is 20.1 Å². The predicted molar refractivity (Wildman–Crippen MR) is 63.5 cm³/mol. The van der Waals surface area contributed by atoms with E-state index in [9.17, 15) is 4.79 Å². The highest BCUT2D eigenvalue weighted by Gasteiger charge is 2.27. The van der Waals surface area contributed by atoms with Crippen molar-refractivity contribution < 1.29 is 4.79 Å². The van der Waals surface area contributed by atoms with Crippen LogP contribution in [0.5, 0.6) is 0 Å². The van der Waals surface area contributed by atoms with Crippen molar-refractivity contribution in [1.29, 1.82) is 0 Å². The fourth-order valence-electron chi connectivity index (χ4n) is 2.79. The molecule has 1 aromatic rings. The van der Waals surface area contributed by atoms with Gasteiger partial charge in [0.25, 0.3) is 0 Å². The number of fused-ring (bicyclic) bond motifs is 1. The average Bonchev–Trinajstić information content (AvgIpc) is 2.76. The molecule has 1 atom stereocenters. The molecule has 17 heavy (non-hydrogen) atoms. The van der Waals surface area contributed by atoms with Gasteiger partial charge < -0.3 is 14.8 Å². The van der Waals surface area contributed by atoms with Crippen LogP contribution in [0.1, 0.15) is 30.3 Å². The molecule has 0 saturated carbocycles. The van der Waals surface area contributed by atoms with Crippen LogP contribution in [-0.4, -0.2) is 40.5 Å². The molecule has 0 radical (unpaired) electrons. The average molecular weight is 234 g/mol. The maximum atomic E-state index is 11.5. The number of nitrogens with zero attached hydrogens (tertiary/aromatic N) is 3. The van der Waals surface area contributed by atoms with Crippen molar-refractivity contribution in [1.82, 2.24) is 19.8 Å². The van der Waals surface area contributed by atoms with Gasteiger partial charge in [0, 0.05) is 45.2 Å². The van der Waals surface area contributed by atoms with Crippen LogP contribution in [-0.2, 0) is 17.8 Å². The largest absolute Gasteiger partial charge is 0.344 e. The molecule has 0 aromatic carbocycles. The third-order valence-electron chi connectivity index (χ3n) is 3.81. The standard InChI is InChI=1S/C12H18N4O/c1-15-7-9(2-3-12(15)17)16-8-14-10-6-13-5-4-11(10)16/h8-9,13H,2-7H2,1H3. The molecule has 1 amide bonds. The first-order chi connectivity index (χ1) is 8.25. The second-order valence-electron chi connectivity index (χ2n) is 4.94. The summed E-state index contributed by atoms with van der Waals surface area (Å²) in [5.41, 5.74) is 2.53.